The van der Waals surface area contributed by atoms with Gasteiger partial charge in [0.2, 0.25) is 0 Å². The second kappa shape index (κ2) is 6.80. The van der Waals surface area contributed by atoms with Crippen molar-refractivity contribution < 1.29 is 18.0 Å². The fourth-order valence-electron chi connectivity index (χ4n) is 2.78. The van der Waals surface area contributed by atoms with Crippen LogP contribution in [-0.4, -0.2) is 30.7 Å². The van der Waals surface area contributed by atoms with Crippen molar-refractivity contribution in [1.29, 1.82) is 0 Å². The summed E-state index contributed by atoms with van der Waals surface area (Å²) in [6, 6.07) is 7.81. The average Bonchev–Trinajstić information content (AvgIpc) is 3.31. The molecule has 0 unspecified atom stereocenters. The van der Waals surface area contributed by atoms with Crippen LogP contribution in [0.3, 0.4) is 0 Å². The number of rotatable bonds is 4. The average molecular weight is 386 g/mol. The third-order valence-corrected chi connectivity index (χ3v) is 4.20. The summed E-state index contributed by atoms with van der Waals surface area (Å²) in [6.07, 6.45) is 0.276. The number of amides is 1. The topological polar surface area (TPSA) is 88.0 Å². The SMILES string of the molecule is Cc1cc(F)c(-c2nnc(C(F)F)[nH]2)cc1NC(=O)c1cnn2ccccc12. The number of anilines is 1. The van der Waals surface area contributed by atoms with Gasteiger partial charge in [0.25, 0.3) is 12.3 Å². The van der Waals surface area contributed by atoms with Crippen LogP contribution in [0, 0.1) is 12.7 Å². The Morgan fingerprint density at radius 1 is 1.25 bits per heavy atom. The van der Waals surface area contributed by atoms with Crippen LogP contribution in [0.25, 0.3) is 16.9 Å². The zero-order chi connectivity index (χ0) is 19.8. The van der Waals surface area contributed by atoms with Gasteiger partial charge in [-0.3, -0.25) is 4.79 Å². The molecule has 7 nitrogen and oxygen atoms in total. The number of pyridine rings is 1. The van der Waals surface area contributed by atoms with Crippen LogP contribution in [-0.2, 0) is 0 Å². The highest BCUT2D eigenvalue weighted by Gasteiger charge is 2.19. The van der Waals surface area contributed by atoms with Crippen molar-refractivity contribution in [1.82, 2.24) is 24.8 Å². The first-order valence-electron chi connectivity index (χ1n) is 8.19. The monoisotopic (exact) mass is 386 g/mol. The maximum absolute atomic E-state index is 14.3. The maximum Gasteiger partial charge on any atom is 0.297 e. The van der Waals surface area contributed by atoms with Crippen LogP contribution in [0.15, 0.2) is 42.7 Å². The summed E-state index contributed by atoms with van der Waals surface area (Å²) in [5, 5.41) is 13.7. The molecule has 0 aliphatic heterocycles. The lowest BCUT2D eigenvalue weighted by Crippen LogP contribution is -2.13. The Morgan fingerprint density at radius 2 is 2.07 bits per heavy atom. The first-order valence-corrected chi connectivity index (χ1v) is 8.19. The molecule has 4 aromatic rings. The highest BCUT2D eigenvalue weighted by molar-refractivity contribution is 6.09. The zero-order valence-electron chi connectivity index (χ0n) is 14.4. The van der Waals surface area contributed by atoms with Gasteiger partial charge < -0.3 is 10.3 Å². The molecule has 4 rings (SSSR count). The Balaban J connectivity index is 1.68. The van der Waals surface area contributed by atoms with Gasteiger partial charge in [-0.05, 0) is 36.8 Å². The third kappa shape index (κ3) is 3.08. The van der Waals surface area contributed by atoms with Crippen molar-refractivity contribution >= 4 is 17.1 Å². The van der Waals surface area contributed by atoms with E-state index in [0.29, 0.717) is 22.3 Å². The van der Waals surface area contributed by atoms with Crippen LogP contribution < -0.4 is 5.32 Å². The molecule has 0 spiro atoms. The van der Waals surface area contributed by atoms with Gasteiger partial charge in [-0.2, -0.15) is 5.10 Å². The number of H-pyrrole nitrogens is 1. The summed E-state index contributed by atoms with van der Waals surface area (Å²) < 4.78 is 41.3. The fraction of sp³-hybridized carbons (Fsp3) is 0.111. The van der Waals surface area contributed by atoms with Gasteiger partial charge in [-0.25, -0.2) is 17.7 Å². The molecule has 28 heavy (non-hydrogen) atoms. The molecule has 3 heterocycles. The number of fused-ring (bicyclic) bond motifs is 1. The standard InChI is InChI=1S/C18H13F3N6O/c1-9-6-12(19)10(16-24-17(15(20)21)26-25-16)7-13(9)23-18(28)11-8-22-27-5-3-2-4-14(11)27/h2-8,15H,1H3,(H,23,28)(H,24,25,26). The van der Waals surface area contributed by atoms with Crippen LogP contribution in [0.4, 0.5) is 18.9 Å². The van der Waals surface area contributed by atoms with Crippen LogP contribution in [0.5, 0.6) is 0 Å². The van der Waals surface area contributed by atoms with Crippen molar-refractivity contribution in [2.75, 3.05) is 5.32 Å². The lowest BCUT2D eigenvalue weighted by Gasteiger charge is -2.10. The smallest absolute Gasteiger partial charge is 0.297 e. The van der Waals surface area contributed by atoms with Crippen molar-refractivity contribution in [2.45, 2.75) is 13.3 Å². The highest BCUT2D eigenvalue weighted by Crippen LogP contribution is 2.28. The van der Waals surface area contributed by atoms with Gasteiger partial charge in [0.1, 0.15) is 5.82 Å². The number of aromatic amines is 1. The molecule has 0 radical (unpaired) electrons. The largest absolute Gasteiger partial charge is 0.322 e. The summed E-state index contributed by atoms with van der Waals surface area (Å²) in [7, 11) is 0. The molecule has 1 amide bonds. The van der Waals surface area contributed by atoms with E-state index in [0.717, 1.165) is 0 Å². The number of alkyl halides is 2. The van der Waals surface area contributed by atoms with Crippen LogP contribution in [0.2, 0.25) is 0 Å². The number of aryl methyl sites for hydroxylation is 1. The summed E-state index contributed by atoms with van der Waals surface area (Å²) in [6.45, 7) is 1.61. The van der Waals surface area contributed by atoms with Crippen molar-refractivity contribution in [3.63, 3.8) is 0 Å². The number of carbonyl (C=O) groups is 1. The molecule has 142 valence electrons. The summed E-state index contributed by atoms with van der Waals surface area (Å²) in [5.74, 6) is -1.93. The molecule has 10 heteroatoms. The van der Waals surface area contributed by atoms with E-state index in [1.807, 2.05) is 0 Å². The first kappa shape index (κ1) is 17.7. The van der Waals surface area contributed by atoms with Gasteiger partial charge in [0, 0.05) is 11.9 Å². The first-order chi connectivity index (χ1) is 13.4. The number of aromatic nitrogens is 5. The number of benzene rings is 1. The van der Waals surface area contributed by atoms with Gasteiger partial charge in [0.15, 0.2) is 11.6 Å². The third-order valence-electron chi connectivity index (χ3n) is 4.20. The zero-order valence-corrected chi connectivity index (χ0v) is 14.4. The number of halogens is 3. The number of carbonyl (C=O) groups excluding carboxylic acids is 1. The van der Waals surface area contributed by atoms with E-state index in [2.05, 4.69) is 25.6 Å². The number of hydrogen-bond acceptors (Lipinski definition) is 4. The van der Waals surface area contributed by atoms with Gasteiger partial charge in [0.05, 0.1) is 22.8 Å². The molecule has 2 N–H and O–H groups in total. The molecule has 0 saturated heterocycles. The molecule has 0 fully saturated rings. The van der Waals surface area contributed by atoms with Crippen LogP contribution in [0.1, 0.15) is 28.2 Å². The van der Waals surface area contributed by atoms with E-state index in [-0.39, 0.29) is 11.4 Å². The molecular weight excluding hydrogens is 373 g/mol. The molecule has 3 aromatic heterocycles. The second-order valence-electron chi connectivity index (χ2n) is 6.05. The van der Waals surface area contributed by atoms with Gasteiger partial charge in [-0.1, -0.05) is 6.07 Å². The van der Waals surface area contributed by atoms with E-state index < -0.39 is 24.0 Å². The number of hydrogen-bond donors (Lipinski definition) is 2. The molecule has 1 aromatic carbocycles. The lowest BCUT2D eigenvalue weighted by atomic mass is 10.1. The Kier molecular flexibility index (Phi) is 4.30. The predicted octanol–water partition coefficient (Wildman–Crippen LogP) is 3.76. The minimum absolute atomic E-state index is 0.0832. The molecule has 0 saturated carbocycles. The number of nitrogens with zero attached hydrogens (tertiary/aromatic N) is 4. The minimum atomic E-state index is -2.86. The molecule has 0 bridgehead atoms. The van der Waals surface area contributed by atoms with E-state index in [1.54, 1.807) is 35.8 Å². The van der Waals surface area contributed by atoms with Crippen molar-refractivity contribution in [3.05, 3.63) is 65.5 Å². The lowest BCUT2D eigenvalue weighted by molar-refractivity contribution is 0.102. The maximum atomic E-state index is 14.3. The normalized spacial score (nSPS) is 11.3. The minimum Gasteiger partial charge on any atom is -0.322 e. The highest BCUT2D eigenvalue weighted by atomic mass is 19.3. The van der Waals surface area contributed by atoms with Crippen molar-refractivity contribution in [2.24, 2.45) is 0 Å². The van der Waals surface area contributed by atoms with E-state index in [4.69, 9.17) is 0 Å². The van der Waals surface area contributed by atoms with E-state index in [9.17, 15) is 18.0 Å². The van der Waals surface area contributed by atoms with Gasteiger partial charge >= 0.3 is 0 Å². The van der Waals surface area contributed by atoms with Crippen LogP contribution >= 0.6 is 0 Å². The Morgan fingerprint density at radius 3 is 2.82 bits per heavy atom. The Labute approximate surface area is 156 Å². The second-order valence-corrected chi connectivity index (χ2v) is 6.05. The van der Waals surface area contributed by atoms with E-state index in [1.165, 1.54) is 18.3 Å². The number of nitrogens with one attached hydrogen (secondary N) is 2. The van der Waals surface area contributed by atoms with Crippen molar-refractivity contribution in [3.8, 4) is 11.4 Å². The molecule has 0 atom stereocenters. The molecule has 0 aliphatic rings. The Hall–Kier alpha value is -3.69. The molecular formula is C18H13F3N6O. The summed E-state index contributed by atoms with van der Waals surface area (Å²) in [4.78, 5) is 15.0. The van der Waals surface area contributed by atoms with Gasteiger partial charge in [-0.15, -0.1) is 10.2 Å². The predicted molar refractivity (Wildman–Crippen MR) is 94.6 cm³/mol. The quantitative estimate of drug-likeness (QED) is 0.559. The fourth-order valence-corrected chi connectivity index (χ4v) is 2.78. The molecule has 0 aliphatic carbocycles. The summed E-state index contributed by atoms with van der Waals surface area (Å²) >= 11 is 0. The van der Waals surface area contributed by atoms with E-state index >= 15 is 0 Å². The Bertz CT molecular complexity index is 1180. The summed E-state index contributed by atoms with van der Waals surface area (Å²) in [5.41, 5.74) is 1.63.